The maximum atomic E-state index is 12.4. The zero-order chi connectivity index (χ0) is 13.4. The maximum Gasteiger partial charge on any atom is 0.244 e. The molecular weight excluding hydrogens is 256 g/mol. The molecule has 3 nitrogen and oxygen atoms in total. The summed E-state index contributed by atoms with van der Waals surface area (Å²) in [7, 11) is 0. The summed E-state index contributed by atoms with van der Waals surface area (Å²) < 4.78 is 1.27. The van der Waals surface area contributed by atoms with Crippen molar-refractivity contribution in [2.45, 2.75) is 32.4 Å². The van der Waals surface area contributed by atoms with Crippen LogP contribution in [0.5, 0.6) is 0 Å². The fourth-order valence-electron chi connectivity index (χ4n) is 2.62. The molecule has 0 spiro atoms. The SMILES string of the molecule is CC(C)NC1CCN(c2ccc3sccc3c2)C1=O. The summed E-state index contributed by atoms with van der Waals surface area (Å²) in [5.74, 6) is 0.197. The molecule has 1 fully saturated rings. The second kappa shape index (κ2) is 4.94. The predicted molar refractivity (Wildman–Crippen MR) is 80.9 cm³/mol. The third kappa shape index (κ3) is 2.38. The first-order chi connectivity index (χ1) is 9.15. The lowest BCUT2D eigenvalue weighted by Gasteiger charge is -2.18. The van der Waals surface area contributed by atoms with Gasteiger partial charge in [0.2, 0.25) is 5.91 Å². The number of anilines is 1. The van der Waals surface area contributed by atoms with Gasteiger partial charge >= 0.3 is 0 Å². The van der Waals surface area contributed by atoms with Crippen molar-refractivity contribution in [3.63, 3.8) is 0 Å². The molecule has 1 aliphatic heterocycles. The van der Waals surface area contributed by atoms with Crippen molar-refractivity contribution in [1.29, 1.82) is 0 Å². The lowest BCUT2D eigenvalue weighted by molar-refractivity contribution is -0.118. The normalized spacial score (nSPS) is 19.8. The summed E-state index contributed by atoms with van der Waals surface area (Å²) >= 11 is 1.73. The summed E-state index contributed by atoms with van der Waals surface area (Å²) in [5.41, 5.74) is 1.02. The van der Waals surface area contributed by atoms with E-state index in [4.69, 9.17) is 0 Å². The Labute approximate surface area is 117 Å². The largest absolute Gasteiger partial charge is 0.311 e. The van der Waals surface area contributed by atoms with E-state index in [0.29, 0.717) is 6.04 Å². The molecule has 1 amide bonds. The standard InChI is InChI=1S/C15H18N2OS/c1-10(2)16-13-5-7-17(15(13)18)12-3-4-14-11(9-12)6-8-19-14/h3-4,6,8-10,13,16H,5,7H2,1-2H3. The Bertz CT molecular complexity index is 605. The van der Waals surface area contributed by atoms with Crippen LogP contribution in [0, 0.1) is 0 Å². The molecule has 2 aromatic rings. The smallest absolute Gasteiger partial charge is 0.244 e. The Hall–Kier alpha value is -1.39. The van der Waals surface area contributed by atoms with E-state index in [1.165, 1.54) is 10.1 Å². The highest BCUT2D eigenvalue weighted by Gasteiger charge is 2.32. The number of nitrogens with zero attached hydrogens (tertiary/aromatic N) is 1. The number of thiophene rings is 1. The Morgan fingerprint density at radius 2 is 2.21 bits per heavy atom. The van der Waals surface area contributed by atoms with Crippen LogP contribution in [-0.2, 0) is 4.79 Å². The average molecular weight is 274 g/mol. The Balaban J connectivity index is 1.84. The third-order valence-corrected chi connectivity index (χ3v) is 4.39. The van der Waals surface area contributed by atoms with E-state index in [2.05, 4.69) is 48.8 Å². The van der Waals surface area contributed by atoms with Crippen LogP contribution in [0.25, 0.3) is 10.1 Å². The lowest BCUT2D eigenvalue weighted by Crippen LogP contribution is -2.41. The number of nitrogens with one attached hydrogen (secondary N) is 1. The van der Waals surface area contributed by atoms with E-state index in [-0.39, 0.29) is 11.9 Å². The molecule has 1 N–H and O–H groups in total. The minimum absolute atomic E-state index is 0.0295. The first-order valence-corrected chi connectivity index (χ1v) is 7.58. The van der Waals surface area contributed by atoms with Gasteiger partial charge in [0.25, 0.3) is 0 Å². The van der Waals surface area contributed by atoms with Crippen LogP contribution in [0.4, 0.5) is 5.69 Å². The zero-order valence-electron chi connectivity index (χ0n) is 11.2. The fourth-order valence-corrected chi connectivity index (χ4v) is 3.39. The average Bonchev–Trinajstić information content (AvgIpc) is 2.96. The minimum atomic E-state index is -0.0295. The van der Waals surface area contributed by atoms with Gasteiger partial charge in [0.05, 0.1) is 6.04 Å². The van der Waals surface area contributed by atoms with Crippen molar-refractivity contribution < 1.29 is 4.79 Å². The Kier molecular flexibility index (Phi) is 3.29. The van der Waals surface area contributed by atoms with Crippen LogP contribution in [0.2, 0.25) is 0 Å². The van der Waals surface area contributed by atoms with Crippen LogP contribution in [-0.4, -0.2) is 24.5 Å². The summed E-state index contributed by atoms with van der Waals surface area (Å²) in [6.45, 7) is 4.96. The molecule has 0 radical (unpaired) electrons. The van der Waals surface area contributed by atoms with Gasteiger partial charge in [-0.1, -0.05) is 13.8 Å². The Morgan fingerprint density at radius 1 is 1.37 bits per heavy atom. The van der Waals surface area contributed by atoms with E-state index in [1.54, 1.807) is 11.3 Å². The van der Waals surface area contributed by atoms with Gasteiger partial charge in [-0.05, 0) is 41.5 Å². The van der Waals surface area contributed by atoms with E-state index >= 15 is 0 Å². The molecule has 0 saturated carbocycles. The number of rotatable bonds is 3. The molecule has 1 atom stereocenters. The molecule has 1 saturated heterocycles. The molecule has 3 rings (SSSR count). The summed E-state index contributed by atoms with van der Waals surface area (Å²) in [6.07, 6.45) is 0.888. The van der Waals surface area contributed by atoms with Crippen molar-refractivity contribution >= 4 is 33.0 Å². The molecule has 1 unspecified atom stereocenters. The van der Waals surface area contributed by atoms with Crippen LogP contribution in [0.3, 0.4) is 0 Å². The van der Waals surface area contributed by atoms with Gasteiger partial charge in [0.15, 0.2) is 0 Å². The zero-order valence-corrected chi connectivity index (χ0v) is 12.0. The second-order valence-electron chi connectivity index (χ2n) is 5.30. The lowest BCUT2D eigenvalue weighted by atomic mass is 10.2. The summed E-state index contributed by atoms with van der Waals surface area (Å²) in [4.78, 5) is 14.3. The molecule has 0 bridgehead atoms. The van der Waals surface area contributed by atoms with Gasteiger partial charge in [-0.2, -0.15) is 0 Å². The first-order valence-electron chi connectivity index (χ1n) is 6.70. The van der Waals surface area contributed by atoms with Crippen molar-refractivity contribution in [3.05, 3.63) is 29.6 Å². The number of fused-ring (bicyclic) bond motifs is 1. The van der Waals surface area contributed by atoms with Gasteiger partial charge in [-0.15, -0.1) is 11.3 Å². The number of carbonyl (C=O) groups is 1. The monoisotopic (exact) mass is 274 g/mol. The minimum Gasteiger partial charge on any atom is -0.311 e. The highest BCUT2D eigenvalue weighted by Crippen LogP contribution is 2.28. The molecular formula is C15H18N2OS. The molecule has 1 aromatic heterocycles. The third-order valence-electron chi connectivity index (χ3n) is 3.49. The van der Waals surface area contributed by atoms with Crippen LogP contribution >= 0.6 is 11.3 Å². The van der Waals surface area contributed by atoms with Crippen molar-refractivity contribution in [2.75, 3.05) is 11.4 Å². The van der Waals surface area contributed by atoms with Gasteiger partial charge in [0, 0.05) is 23.0 Å². The molecule has 1 aliphatic rings. The van der Waals surface area contributed by atoms with Crippen molar-refractivity contribution in [1.82, 2.24) is 5.32 Å². The molecule has 0 aliphatic carbocycles. The van der Waals surface area contributed by atoms with Gasteiger partial charge in [-0.25, -0.2) is 0 Å². The molecule has 100 valence electrons. The second-order valence-corrected chi connectivity index (χ2v) is 6.24. The number of amides is 1. The fraction of sp³-hybridized carbons (Fsp3) is 0.400. The van der Waals surface area contributed by atoms with Gasteiger partial charge in [-0.3, -0.25) is 4.79 Å². The molecule has 4 heteroatoms. The quantitative estimate of drug-likeness (QED) is 0.933. The van der Waals surface area contributed by atoms with Crippen molar-refractivity contribution in [2.24, 2.45) is 0 Å². The molecule has 19 heavy (non-hydrogen) atoms. The van der Waals surface area contributed by atoms with Crippen LogP contribution in [0.1, 0.15) is 20.3 Å². The van der Waals surface area contributed by atoms with E-state index < -0.39 is 0 Å². The topological polar surface area (TPSA) is 32.3 Å². The molecule has 1 aromatic carbocycles. The highest BCUT2D eigenvalue weighted by atomic mass is 32.1. The first kappa shape index (κ1) is 12.6. The van der Waals surface area contributed by atoms with Crippen LogP contribution in [0.15, 0.2) is 29.6 Å². The van der Waals surface area contributed by atoms with Gasteiger partial charge in [0.1, 0.15) is 0 Å². The highest BCUT2D eigenvalue weighted by molar-refractivity contribution is 7.17. The van der Waals surface area contributed by atoms with E-state index in [9.17, 15) is 4.79 Å². The van der Waals surface area contributed by atoms with Crippen molar-refractivity contribution in [3.8, 4) is 0 Å². The number of benzene rings is 1. The summed E-state index contributed by atoms with van der Waals surface area (Å²) in [6, 6.07) is 8.68. The van der Waals surface area contributed by atoms with E-state index in [1.807, 2.05) is 4.90 Å². The number of carbonyl (C=O) groups excluding carboxylic acids is 1. The number of hydrogen-bond acceptors (Lipinski definition) is 3. The Morgan fingerprint density at radius 3 is 3.00 bits per heavy atom. The number of hydrogen-bond donors (Lipinski definition) is 1. The summed E-state index contributed by atoms with van der Waals surface area (Å²) in [5, 5.41) is 6.64. The van der Waals surface area contributed by atoms with Crippen LogP contribution < -0.4 is 10.2 Å². The molecule has 2 heterocycles. The van der Waals surface area contributed by atoms with E-state index in [0.717, 1.165) is 18.7 Å². The predicted octanol–water partition coefficient (Wildman–Crippen LogP) is 3.00. The maximum absolute atomic E-state index is 12.4. The van der Waals surface area contributed by atoms with Gasteiger partial charge < -0.3 is 10.2 Å².